The maximum atomic E-state index is 12.6. The maximum Gasteiger partial charge on any atom is 0.345 e. The SMILES string of the molecule is CCC(C)C(=O)OC1CC(O)C=C2C=CC(C)C(CCC(O)CC(O)CC(=O)OO[C@@H]3O[C@H](CO)[C@H](O)[C@H](O)[C@H]3O)C21. The largest absolute Gasteiger partial charge is 0.461 e. The van der Waals surface area contributed by atoms with E-state index in [9.17, 15) is 45.3 Å². The fraction of sp³-hybridized carbons (Fsp3) is 0.793. The zero-order chi connectivity index (χ0) is 31.1. The van der Waals surface area contributed by atoms with Gasteiger partial charge in [0, 0.05) is 12.3 Å². The van der Waals surface area contributed by atoms with Crippen molar-refractivity contribution in [3.05, 3.63) is 23.8 Å². The third kappa shape index (κ3) is 8.80. The molecule has 0 bridgehead atoms. The van der Waals surface area contributed by atoms with Gasteiger partial charge in [-0.25, -0.2) is 4.79 Å². The molecule has 0 aromatic rings. The summed E-state index contributed by atoms with van der Waals surface area (Å²) in [4.78, 5) is 34.0. The van der Waals surface area contributed by atoms with E-state index in [-0.39, 0.29) is 36.1 Å². The second-order valence-electron chi connectivity index (χ2n) is 11.7. The van der Waals surface area contributed by atoms with Crippen LogP contribution < -0.4 is 0 Å². The number of rotatable bonds is 13. The molecule has 13 heteroatoms. The summed E-state index contributed by atoms with van der Waals surface area (Å²) in [6.07, 6.45) is -4.59. The molecule has 1 saturated heterocycles. The molecule has 3 aliphatic rings. The second kappa shape index (κ2) is 15.7. The number of ether oxygens (including phenoxy) is 2. The monoisotopic (exact) mass is 602 g/mol. The highest BCUT2D eigenvalue weighted by molar-refractivity contribution is 5.72. The highest BCUT2D eigenvalue weighted by Crippen LogP contribution is 2.44. The summed E-state index contributed by atoms with van der Waals surface area (Å²) < 4.78 is 10.9. The van der Waals surface area contributed by atoms with Gasteiger partial charge in [0.05, 0.1) is 37.3 Å². The fourth-order valence-corrected chi connectivity index (χ4v) is 5.79. The zero-order valence-electron chi connectivity index (χ0n) is 24.3. The number of hydrogen-bond acceptors (Lipinski definition) is 13. The van der Waals surface area contributed by atoms with Gasteiger partial charge in [-0.1, -0.05) is 39.0 Å². The summed E-state index contributed by atoms with van der Waals surface area (Å²) in [5, 5.41) is 70.1. The molecule has 0 spiro atoms. The highest BCUT2D eigenvalue weighted by Gasteiger charge is 2.45. The van der Waals surface area contributed by atoms with Gasteiger partial charge in [0.2, 0.25) is 6.29 Å². The van der Waals surface area contributed by atoms with E-state index in [2.05, 4.69) is 4.89 Å². The van der Waals surface area contributed by atoms with E-state index >= 15 is 0 Å². The molecule has 0 saturated carbocycles. The lowest BCUT2D eigenvalue weighted by Gasteiger charge is -2.43. The van der Waals surface area contributed by atoms with Crippen molar-refractivity contribution < 1.29 is 64.6 Å². The first-order valence-corrected chi connectivity index (χ1v) is 14.7. The number of esters is 1. The average molecular weight is 603 g/mol. The van der Waals surface area contributed by atoms with Crippen molar-refractivity contribution in [3.8, 4) is 0 Å². The molecule has 42 heavy (non-hydrogen) atoms. The Bertz CT molecular complexity index is 952. The Morgan fingerprint density at radius 3 is 2.48 bits per heavy atom. The van der Waals surface area contributed by atoms with Gasteiger partial charge < -0.3 is 45.2 Å². The second-order valence-corrected chi connectivity index (χ2v) is 11.7. The fourth-order valence-electron chi connectivity index (χ4n) is 5.79. The van der Waals surface area contributed by atoms with Crippen molar-refractivity contribution in [2.75, 3.05) is 6.61 Å². The quantitative estimate of drug-likeness (QED) is 0.0815. The minimum absolute atomic E-state index is 0.00665. The van der Waals surface area contributed by atoms with Crippen LogP contribution in [-0.4, -0.2) is 109 Å². The van der Waals surface area contributed by atoms with E-state index in [0.29, 0.717) is 25.7 Å². The van der Waals surface area contributed by atoms with Crippen molar-refractivity contribution in [2.45, 2.75) is 114 Å². The van der Waals surface area contributed by atoms with Crippen molar-refractivity contribution in [3.63, 3.8) is 0 Å². The lowest BCUT2D eigenvalue weighted by molar-refractivity contribution is -0.405. The molecule has 2 aliphatic carbocycles. The lowest BCUT2D eigenvalue weighted by atomic mass is 9.66. The average Bonchev–Trinajstić information content (AvgIpc) is 2.94. The van der Waals surface area contributed by atoms with Gasteiger partial charge in [-0.2, -0.15) is 0 Å². The molecule has 0 aromatic heterocycles. The van der Waals surface area contributed by atoms with E-state index in [0.717, 1.165) is 5.57 Å². The molecule has 240 valence electrons. The Morgan fingerprint density at radius 1 is 1.10 bits per heavy atom. The Balaban J connectivity index is 1.50. The molecule has 13 nitrogen and oxygen atoms in total. The van der Waals surface area contributed by atoms with Crippen LogP contribution in [0.2, 0.25) is 0 Å². The van der Waals surface area contributed by atoms with Gasteiger partial charge in [-0.15, -0.1) is 4.89 Å². The number of carbonyl (C=O) groups is 2. The molecular formula is C29H46O13. The first kappa shape index (κ1) is 34.5. The third-order valence-electron chi connectivity index (χ3n) is 8.52. The Morgan fingerprint density at radius 2 is 1.81 bits per heavy atom. The van der Waals surface area contributed by atoms with E-state index in [4.69, 9.17) is 14.4 Å². The van der Waals surface area contributed by atoms with Crippen LogP contribution in [0, 0.1) is 23.7 Å². The summed E-state index contributed by atoms with van der Waals surface area (Å²) >= 11 is 0. The molecule has 0 radical (unpaired) electrons. The van der Waals surface area contributed by atoms with Crippen LogP contribution in [0.3, 0.4) is 0 Å². The van der Waals surface area contributed by atoms with Crippen LogP contribution in [0.4, 0.5) is 0 Å². The Hall–Kier alpha value is -1.94. The van der Waals surface area contributed by atoms with Gasteiger partial charge in [-0.05, 0) is 43.1 Å². The van der Waals surface area contributed by atoms with Crippen LogP contribution in [0.25, 0.3) is 0 Å². The minimum atomic E-state index is -1.76. The summed E-state index contributed by atoms with van der Waals surface area (Å²) in [7, 11) is 0. The molecule has 13 atom stereocenters. The highest BCUT2D eigenvalue weighted by atomic mass is 17.2. The van der Waals surface area contributed by atoms with Crippen LogP contribution >= 0.6 is 0 Å². The predicted octanol–water partition coefficient (Wildman–Crippen LogP) is -0.369. The van der Waals surface area contributed by atoms with Gasteiger partial charge in [0.25, 0.3) is 0 Å². The van der Waals surface area contributed by atoms with E-state index in [1.807, 2.05) is 26.0 Å². The van der Waals surface area contributed by atoms with Crippen LogP contribution in [0.15, 0.2) is 23.8 Å². The zero-order valence-corrected chi connectivity index (χ0v) is 24.3. The number of hydrogen-bond donors (Lipinski definition) is 7. The van der Waals surface area contributed by atoms with Crippen LogP contribution in [-0.2, 0) is 28.8 Å². The van der Waals surface area contributed by atoms with E-state index in [1.165, 1.54) is 0 Å². The first-order valence-electron chi connectivity index (χ1n) is 14.7. The summed E-state index contributed by atoms with van der Waals surface area (Å²) in [5.41, 5.74) is 0.899. The number of allylic oxidation sites excluding steroid dienone is 2. The smallest absolute Gasteiger partial charge is 0.345 e. The summed E-state index contributed by atoms with van der Waals surface area (Å²) in [5.74, 6) is -1.62. The van der Waals surface area contributed by atoms with Crippen molar-refractivity contribution in [1.29, 1.82) is 0 Å². The van der Waals surface area contributed by atoms with Gasteiger partial charge in [-0.3, -0.25) is 9.68 Å². The number of fused-ring (bicyclic) bond motifs is 1. The summed E-state index contributed by atoms with van der Waals surface area (Å²) in [6, 6.07) is 0. The summed E-state index contributed by atoms with van der Waals surface area (Å²) in [6.45, 7) is 5.07. The van der Waals surface area contributed by atoms with Gasteiger partial charge >= 0.3 is 11.9 Å². The van der Waals surface area contributed by atoms with Gasteiger partial charge in [0.1, 0.15) is 30.5 Å². The molecule has 0 aromatic carbocycles. The van der Waals surface area contributed by atoms with Gasteiger partial charge in [0.15, 0.2) is 0 Å². The minimum Gasteiger partial charge on any atom is -0.461 e. The number of aliphatic hydroxyl groups is 7. The molecule has 1 heterocycles. The topological polar surface area (TPSA) is 213 Å². The standard InChI is InChI=1S/C29H46O13/c1-4-14(2)28(38)39-21-11-18(32)9-16-6-5-15(3)20(24(16)21)8-7-17(31)10-19(33)12-23(34)41-42-29-27(37)26(36)25(35)22(13-30)40-29/h5-6,9,14-15,17-22,24-27,29-33,35-37H,4,7-8,10-13H2,1-3H3/t14?,15?,17?,18?,19?,20?,21?,22-,24?,25+,26+,27-,29+/m1/s1. The van der Waals surface area contributed by atoms with E-state index < -0.39 is 74.1 Å². The first-order chi connectivity index (χ1) is 19.9. The van der Waals surface area contributed by atoms with Crippen molar-refractivity contribution in [1.82, 2.24) is 0 Å². The third-order valence-corrected chi connectivity index (χ3v) is 8.52. The Kier molecular flexibility index (Phi) is 12.9. The number of aliphatic hydroxyl groups excluding tert-OH is 7. The molecule has 8 unspecified atom stereocenters. The van der Waals surface area contributed by atoms with Crippen molar-refractivity contribution in [2.24, 2.45) is 23.7 Å². The molecule has 3 rings (SSSR count). The Labute approximate surface area is 245 Å². The molecular weight excluding hydrogens is 556 g/mol. The molecule has 7 N–H and O–H groups in total. The van der Waals surface area contributed by atoms with Crippen molar-refractivity contribution >= 4 is 11.9 Å². The maximum absolute atomic E-state index is 12.6. The van der Waals surface area contributed by atoms with Crippen LogP contribution in [0.1, 0.15) is 59.3 Å². The van der Waals surface area contributed by atoms with Crippen LogP contribution in [0.5, 0.6) is 0 Å². The number of carbonyl (C=O) groups excluding carboxylic acids is 2. The predicted molar refractivity (Wildman–Crippen MR) is 145 cm³/mol. The normalized spacial score (nSPS) is 36.8. The molecule has 1 aliphatic heterocycles. The molecule has 1 fully saturated rings. The lowest BCUT2D eigenvalue weighted by Crippen LogP contribution is -2.59. The van der Waals surface area contributed by atoms with E-state index in [1.54, 1.807) is 13.0 Å². The molecule has 0 amide bonds.